The van der Waals surface area contributed by atoms with E-state index in [-0.39, 0.29) is 5.91 Å². The molecule has 6 heteroatoms. The summed E-state index contributed by atoms with van der Waals surface area (Å²) >= 11 is 0. The number of H-pyrrole nitrogens is 1. The maximum absolute atomic E-state index is 12.8. The van der Waals surface area contributed by atoms with Gasteiger partial charge in [-0.3, -0.25) is 9.89 Å². The van der Waals surface area contributed by atoms with E-state index in [0.717, 1.165) is 45.4 Å². The fraction of sp³-hybridized carbons (Fsp3) is 0.286. The molecular formula is C21H19N5O. The predicted octanol–water partition coefficient (Wildman–Crippen LogP) is 3.21. The lowest BCUT2D eigenvalue weighted by atomic mass is 9.76. The Labute approximate surface area is 156 Å². The van der Waals surface area contributed by atoms with Crippen LogP contribution in [0.3, 0.4) is 0 Å². The molecule has 5 rings (SSSR count). The first-order valence-electron chi connectivity index (χ1n) is 9.12. The Morgan fingerprint density at radius 2 is 2.04 bits per heavy atom. The number of aromatic amines is 1. The molecule has 27 heavy (non-hydrogen) atoms. The molecule has 134 valence electrons. The number of likely N-dealkylation sites (tertiary alicyclic amines) is 1. The minimum absolute atomic E-state index is 0.0308. The number of aryl methyl sites for hydroxylation is 1. The summed E-state index contributed by atoms with van der Waals surface area (Å²) in [7, 11) is 0. The molecule has 1 fully saturated rings. The molecule has 1 saturated heterocycles. The van der Waals surface area contributed by atoms with Crippen LogP contribution < -0.4 is 5.32 Å². The summed E-state index contributed by atoms with van der Waals surface area (Å²) in [6.45, 7) is 3.17. The van der Waals surface area contributed by atoms with E-state index in [4.69, 9.17) is 5.26 Å². The third-order valence-corrected chi connectivity index (χ3v) is 5.94. The molecule has 0 radical (unpaired) electrons. The minimum atomic E-state index is -0.476. The van der Waals surface area contributed by atoms with Crippen molar-refractivity contribution in [1.29, 1.82) is 5.26 Å². The van der Waals surface area contributed by atoms with E-state index in [9.17, 15) is 4.79 Å². The second-order valence-corrected chi connectivity index (χ2v) is 7.64. The second kappa shape index (κ2) is 5.58. The van der Waals surface area contributed by atoms with Crippen LogP contribution >= 0.6 is 0 Å². The van der Waals surface area contributed by atoms with E-state index in [1.165, 1.54) is 0 Å². The third-order valence-electron chi connectivity index (χ3n) is 5.94. The zero-order chi connectivity index (χ0) is 18.6. The number of carbonyl (C=O) groups is 1. The lowest BCUT2D eigenvalue weighted by Crippen LogP contribution is -2.43. The van der Waals surface area contributed by atoms with Gasteiger partial charge < -0.3 is 10.2 Å². The van der Waals surface area contributed by atoms with Crippen LogP contribution in [-0.4, -0.2) is 34.1 Å². The summed E-state index contributed by atoms with van der Waals surface area (Å²) in [6.07, 6.45) is 3.58. The number of rotatable bonds is 1. The number of hydrogen-bond donors (Lipinski definition) is 2. The van der Waals surface area contributed by atoms with Gasteiger partial charge in [-0.25, -0.2) is 0 Å². The first kappa shape index (κ1) is 15.9. The van der Waals surface area contributed by atoms with Crippen LogP contribution in [0.1, 0.15) is 17.7 Å². The molecule has 6 nitrogen and oxygen atoms in total. The van der Waals surface area contributed by atoms with Crippen LogP contribution in [0.15, 0.2) is 36.4 Å². The molecule has 0 saturated carbocycles. The van der Waals surface area contributed by atoms with E-state index in [2.05, 4.69) is 52.0 Å². The van der Waals surface area contributed by atoms with Crippen molar-refractivity contribution < 1.29 is 4.79 Å². The maximum atomic E-state index is 12.8. The molecule has 2 N–H and O–H groups in total. The molecule has 1 amide bonds. The van der Waals surface area contributed by atoms with Gasteiger partial charge in [0.15, 0.2) is 6.19 Å². The Morgan fingerprint density at radius 1 is 1.22 bits per heavy atom. The highest BCUT2D eigenvalue weighted by atomic mass is 16.2. The van der Waals surface area contributed by atoms with Crippen LogP contribution in [0.5, 0.6) is 0 Å². The van der Waals surface area contributed by atoms with Gasteiger partial charge in [-0.05, 0) is 48.6 Å². The number of nitriles is 1. The molecule has 1 unspecified atom stereocenters. The van der Waals surface area contributed by atoms with Gasteiger partial charge in [-0.1, -0.05) is 24.3 Å². The van der Waals surface area contributed by atoms with Crippen molar-refractivity contribution in [1.82, 2.24) is 15.1 Å². The van der Waals surface area contributed by atoms with E-state index in [1.807, 2.05) is 13.0 Å². The van der Waals surface area contributed by atoms with Gasteiger partial charge in [-0.15, -0.1) is 0 Å². The van der Waals surface area contributed by atoms with Crippen molar-refractivity contribution in [2.75, 3.05) is 18.4 Å². The van der Waals surface area contributed by atoms with Crippen LogP contribution in [0.4, 0.5) is 5.69 Å². The lowest BCUT2D eigenvalue weighted by Gasteiger charge is -2.33. The molecule has 2 aliphatic rings. The Hall–Kier alpha value is -3.33. The monoisotopic (exact) mass is 357 g/mol. The number of fused-ring (bicyclic) bond motifs is 2. The number of anilines is 1. The Morgan fingerprint density at radius 3 is 2.85 bits per heavy atom. The average molecular weight is 357 g/mol. The molecule has 1 spiro atoms. The molecule has 1 atom stereocenters. The van der Waals surface area contributed by atoms with E-state index < -0.39 is 5.41 Å². The smallest absolute Gasteiger partial charge is 0.232 e. The van der Waals surface area contributed by atoms with Crippen LogP contribution in [0, 0.1) is 23.8 Å². The number of amides is 1. The van der Waals surface area contributed by atoms with Crippen molar-refractivity contribution in [3.8, 4) is 17.3 Å². The summed E-state index contributed by atoms with van der Waals surface area (Å²) in [4.78, 5) is 14.5. The largest absolute Gasteiger partial charge is 0.325 e. The summed E-state index contributed by atoms with van der Waals surface area (Å²) in [5, 5.41) is 20.7. The van der Waals surface area contributed by atoms with Gasteiger partial charge in [0.25, 0.3) is 0 Å². The van der Waals surface area contributed by atoms with E-state index in [1.54, 1.807) is 4.90 Å². The highest BCUT2D eigenvalue weighted by Gasteiger charge is 2.47. The summed E-state index contributed by atoms with van der Waals surface area (Å²) in [5.74, 6) is 0.0308. The average Bonchev–Trinajstić information content (AvgIpc) is 3.27. The van der Waals surface area contributed by atoms with Crippen molar-refractivity contribution in [2.45, 2.75) is 19.8 Å². The second-order valence-electron chi connectivity index (χ2n) is 7.64. The van der Waals surface area contributed by atoms with E-state index >= 15 is 0 Å². The number of hydrogen-bond acceptors (Lipinski definition) is 4. The number of aromatic nitrogens is 2. The third kappa shape index (κ3) is 2.39. The van der Waals surface area contributed by atoms with Gasteiger partial charge in [0.05, 0.1) is 10.9 Å². The molecule has 2 aromatic carbocycles. The highest BCUT2D eigenvalue weighted by Crippen LogP contribution is 2.41. The summed E-state index contributed by atoms with van der Waals surface area (Å²) < 4.78 is 0. The number of nitrogens with zero attached hydrogens (tertiary/aromatic N) is 3. The molecule has 3 aromatic rings. The van der Waals surface area contributed by atoms with E-state index in [0.29, 0.717) is 19.5 Å². The standard InChI is InChI=1S/C21H19N5O/c1-13-17-5-4-15(9-19(17)25-24-13)14-2-3-16-10-21(6-7-26(11-21)12-22)20(27)23-18(16)8-14/h2-5,8-9H,6-7,10-11H2,1H3,(H,23,27)(H,24,25). The highest BCUT2D eigenvalue weighted by molar-refractivity contribution is 5.99. The number of carbonyl (C=O) groups excluding carboxylic acids is 1. The first-order chi connectivity index (χ1) is 13.1. The van der Waals surface area contributed by atoms with Gasteiger partial charge in [0.1, 0.15) is 0 Å². The molecule has 3 heterocycles. The SMILES string of the molecule is Cc1[nH]nc2cc(-c3ccc4c(c3)NC(=O)C3(CCN(C#N)C3)C4)ccc12. The van der Waals surface area contributed by atoms with Gasteiger partial charge in [0.2, 0.25) is 5.91 Å². The minimum Gasteiger partial charge on any atom is -0.325 e. The summed E-state index contributed by atoms with van der Waals surface area (Å²) in [5.41, 5.74) is 5.65. The van der Waals surface area contributed by atoms with Gasteiger partial charge in [-0.2, -0.15) is 10.4 Å². The van der Waals surface area contributed by atoms with Crippen molar-refractivity contribution in [2.24, 2.45) is 5.41 Å². The van der Waals surface area contributed by atoms with Crippen LogP contribution in [-0.2, 0) is 11.2 Å². The Kier molecular flexibility index (Phi) is 3.28. The normalized spacial score (nSPS) is 21.3. The molecule has 0 aliphatic carbocycles. The van der Waals surface area contributed by atoms with Crippen LogP contribution in [0.2, 0.25) is 0 Å². The number of nitrogens with one attached hydrogen (secondary N) is 2. The fourth-order valence-corrected chi connectivity index (χ4v) is 4.34. The topological polar surface area (TPSA) is 84.8 Å². The zero-order valence-corrected chi connectivity index (χ0v) is 15.0. The molecule has 1 aromatic heterocycles. The van der Waals surface area contributed by atoms with Gasteiger partial charge >= 0.3 is 0 Å². The fourth-order valence-electron chi connectivity index (χ4n) is 4.34. The molecular weight excluding hydrogens is 338 g/mol. The number of benzene rings is 2. The van der Waals surface area contributed by atoms with Crippen molar-refractivity contribution in [3.05, 3.63) is 47.7 Å². The van der Waals surface area contributed by atoms with Crippen LogP contribution in [0.25, 0.3) is 22.0 Å². The summed E-state index contributed by atoms with van der Waals surface area (Å²) in [6, 6.07) is 12.5. The molecule has 0 bridgehead atoms. The van der Waals surface area contributed by atoms with Gasteiger partial charge in [0, 0.05) is 29.9 Å². The Bertz CT molecular complexity index is 1130. The zero-order valence-electron chi connectivity index (χ0n) is 15.0. The first-order valence-corrected chi connectivity index (χ1v) is 9.12. The molecule has 2 aliphatic heterocycles. The lowest BCUT2D eigenvalue weighted by molar-refractivity contribution is -0.125. The van der Waals surface area contributed by atoms with Crippen molar-refractivity contribution >= 4 is 22.5 Å². The maximum Gasteiger partial charge on any atom is 0.232 e. The Balaban J connectivity index is 1.50. The quantitative estimate of drug-likeness (QED) is 0.655. The predicted molar refractivity (Wildman–Crippen MR) is 103 cm³/mol. The van der Waals surface area contributed by atoms with Crippen molar-refractivity contribution in [3.63, 3.8) is 0 Å².